The second kappa shape index (κ2) is 7.54. The zero-order valence-electron chi connectivity index (χ0n) is 13.4. The molecule has 25 heavy (non-hydrogen) atoms. The molecule has 2 rings (SSSR count). The van der Waals surface area contributed by atoms with E-state index in [0.29, 0.717) is 6.07 Å². The van der Waals surface area contributed by atoms with Gasteiger partial charge in [-0.3, -0.25) is 4.99 Å². The first-order valence-electron chi connectivity index (χ1n) is 7.31. The van der Waals surface area contributed by atoms with Gasteiger partial charge in [0.15, 0.2) is 17.4 Å². The highest BCUT2D eigenvalue weighted by Gasteiger charge is 2.37. The molecule has 0 radical (unpaired) electrons. The molecule has 5 nitrogen and oxygen atoms in total. The normalized spacial score (nSPS) is 20.4. The number of halogens is 4. The molecule has 0 amide bonds. The van der Waals surface area contributed by atoms with Gasteiger partial charge < -0.3 is 14.6 Å². The van der Waals surface area contributed by atoms with Crippen LogP contribution in [0.3, 0.4) is 0 Å². The minimum Gasteiger partial charge on any atom is -0.506 e. The van der Waals surface area contributed by atoms with Gasteiger partial charge >= 0.3 is 5.97 Å². The molecule has 0 bridgehead atoms. The molecule has 1 aliphatic rings. The highest BCUT2D eigenvalue weighted by atomic mass is 19.2. The zero-order valence-corrected chi connectivity index (χ0v) is 13.4. The van der Waals surface area contributed by atoms with E-state index in [2.05, 4.69) is 9.73 Å². The van der Waals surface area contributed by atoms with Gasteiger partial charge in [0, 0.05) is 12.6 Å². The molecule has 1 saturated carbocycles. The quantitative estimate of drug-likeness (QED) is 0.211. The fourth-order valence-corrected chi connectivity index (χ4v) is 1.97. The lowest BCUT2D eigenvalue weighted by Gasteiger charge is -2.11. The van der Waals surface area contributed by atoms with E-state index in [1.165, 1.54) is 6.92 Å². The van der Waals surface area contributed by atoms with Crippen molar-refractivity contribution < 1.29 is 36.9 Å². The fraction of sp³-hybridized carbons (Fsp3) is 0.375. The topological polar surface area (TPSA) is 68.1 Å². The van der Waals surface area contributed by atoms with Crippen molar-refractivity contribution >= 4 is 17.9 Å². The highest BCUT2D eigenvalue weighted by Crippen LogP contribution is 2.32. The number of carbonyl (C=O) groups is 1. The lowest BCUT2D eigenvalue weighted by Crippen LogP contribution is -2.13. The Balaban J connectivity index is 2.55. The number of alkyl halides is 1. The van der Waals surface area contributed by atoms with Crippen molar-refractivity contribution in [2.24, 2.45) is 4.99 Å². The summed E-state index contributed by atoms with van der Waals surface area (Å²) >= 11 is 0. The first-order chi connectivity index (χ1) is 11.8. The Labute approximate surface area is 140 Å². The van der Waals surface area contributed by atoms with Crippen molar-refractivity contribution in [1.29, 1.82) is 0 Å². The second-order valence-electron chi connectivity index (χ2n) is 5.15. The van der Waals surface area contributed by atoms with Crippen molar-refractivity contribution in [2.75, 3.05) is 13.7 Å². The van der Waals surface area contributed by atoms with E-state index >= 15 is 0 Å². The highest BCUT2D eigenvalue weighted by molar-refractivity contribution is 6.15. The first kappa shape index (κ1) is 18.8. The van der Waals surface area contributed by atoms with Gasteiger partial charge in [-0.2, -0.15) is 4.39 Å². The Kier molecular flexibility index (Phi) is 5.66. The van der Waals surface area contributed by atoms with Crippen LogP contribution in [0.15, 0.2) is 16.6 Å². The Bertz CT molecular complexity index is 748. The molecule has 9 heteroatoms. The predicted octanol–water partition coefficient (Wildman–Crippen LogP) is 3.13. The molecule has 0 aromatic heterocycles. The van der Waals surface area contributed by atoms with Gasteiger partial charge in [0.2, 0.25) is 5.82 Å². The van der Waals surface area contributed by atoms with E-state index in [-0.39, 0.29) is 13.0 Å². The van der Waals surface area contributed by atoms with Gasteiger partial charge in [0.25, 0.3) is 0 Å². The van der Waals surface area contributed by atoms with E-state index in [4.69, 9.17) is 4.74 Å². The van der Waals surface area contributed by atoms with Crippen LogP contribution in [-0.4, -0.2) is 43.2 Å². The van der Waals surface area contributed by atoms with Crippen LogP contribution in [0, 0.1) is 17.5 Å². The molecule has 0 saturated heterocycles. The largest absolute Gasteiger partial charge is 0.506 e. The number of methoxy groups -OCH3 is 1. The van der Waals surface area contributed by atoms with Gasteiger partial charge in [-0.05, 0) is 13.0 Å². The van der Waals surface area contributed by atoms with Crippen molar-refractivity contribution in [3.8, 4) is 5.75 Å². The molecule has 1 aliphatic carbocycles. The number of nitrogens with zero attached hydrogens (tertiary/aromatic N) is 1. The third-order valence-corrected chi connectivity index (χ3v) is 3.40. The van der Waals surface area contributed by atoms with Crippen molar-refractivity contribution in [2.45, 2.75) is 25.6 Å². The summed E-state index contributed by atoms with van der Waals surface area (Å²) in [4.78, 5) is 15.7. The summed E-state index contributed by atoms with van der Waals surface area (Å²) in [5.41, 5.74) is -1.44. The van der Waals surface area contributed by atoms with Gasteiger partial charge in [-0.1, -0.05) is 0 Å². The SMILES string of the molecule is CCOC(=O)C(C=N[C@@H]1C[C@@H]1F)=C(O)c1cc(F)c(F)c(OC)c1F. The molecule has 1 aromatic carbocycles. The number of esters is 1. The lowest BCUT2D eigenvalue weighted by atomic mass is 10.1. The molecule has 0 spiro atoms. The second-order valence-corrected chi connectivity index (χ2v) is 5.15. The molecule has 0 heterocycles. The standard InChI is InChI=1S/C16H15F4NO4/c1-3-25-16(23)8(6-21-11-5-9(11)17)14(22)7-4-10(18)13(20)15(24-2)12(7)19/h4,6,9,11,22H,3,5H2,1-2H3/t9-,11+/m0/s1. The molecule has 1 fully saturated rings. The number of rotatable bonds is 6. The van der Waals surface area contributed by atoms with E-state index in [1.807, 2.05) is 0 Å². The van der Waals surface area contributed by atoms with Crippen LogP contribution >= 0.6 is 0 Å². The van der Waals surface area contributed by atoms with Crippen LogP contribution in [0.4, 0.5) is 17.6 Å². The summed E-state index contributed by atoms with van der Waals surface area (Å²) in [6, 6.07) is -0.313. The third-order valence-electron chi connectivity index (χ3n) is 3.40. The molecule has 2 atom stereocenters. The summed E-state index contributed by atoms with van der Waals surface area (Å²) < 4.78 is 63.4. The fourth-order valence-electron chi connectivity index (χ4n) is 1.97. The summed E-state index contributed by atoms with van der Waals surface area (Å²) in [6.45, 7) is 1.42. The molecule has 0 aliphatic heterocycles. The zero-order chi connectivity index (χ0) is 18.7. The van der Waals surface area contributed by atoms with Gasteiger partial charge in [-0.15, -0.1) is 0 Å². The number of hydrogen-bond donors (Lipinski definition) is 1. The van der Waals surface area contributed by atoms with Crippen molar-refractivity contribution in [3.05, 3.63) is 34.7 Å². The summed E-state index contributed by atoms with van der Waals surface area (Å²) in [5.74, 6) is -7.67. The lowest BCUT2D eigenvalue weighted by molar-refractivity contribution is -0.137. The molecule has 1 N–H and O–H groups in total. The van der Waals surface area contributed by atoms with Crippen LogP contribution in [0.1, 0.15) is 18.9 Å². The Morgan fingerprint density at radius 1 is 1.40 bits per heavy atom. The monoisotopic (exact) mass is 361 g/mol. The molecule has 1 aromatic rings. The molecular weight excluding hydrogens is 346 g/mol. The Hall–Kier alpha value is -2.58. The molecule has 136 valence electrons. The van der Waals surface area contributed by atoms with E-state index in [9.17, 15) is 27.5 Å². The maximum absolute atomic E-state index is 14.3. The summed E-state index contributed by atoms with van der Waals surface area (Å²) in [7, 11) is 0.910. The number of aliphatic hydroxyl groups is 1. The average molecular weight is 361 g/mol. The van der Waals surface area contributed by atoms with Gasteiger partial charge in [0.1, 0.15) is 17.5 Å². The maximum Gasteiger partial charge on any atom is 0.343 e. The Morgan fingerprint density at radius 3 is 2.56 bits per heavy atom. The number of ether oxygens (including phenoxy) is 2. The maximum atomic E-state index is 14.3. The van der Waals surface area contributed by atoms with Gasteiger partial charge in [0.05, 0.1) is 25.3 Å². The minimum atomic E-state index is -1.58. The minimum absolute atomic E-state index is 0.0673. The van der Waals surface area contributed by atoms with Crippen LogP contribution in [-0.2, 0) is 9.53 Å². The van der Waals surface area contributed by atoms with Crippen molar-refractivity contribution in [1.82, 2.24) is 0 Å². The first-order valence-corrected chi connectivity index (χ1v) is 7.31. The predicted molar refractivity (Wildman–Crippen MR) is 80.8 cm³/mol. The van der Waals surface area contributed by atoms with Crippen LogP contribution in [0.5, 0.6) is 5.75 Å². The summed E-state index contributed by atoms with van der Waals surface area (Å²) in [6.07, 6.45) is -0.187. The van der Waals surface area contributed by atoms with Crippen LogP contribution in [0.2, 0.25) is 0 Å². The average Bonchev–Trinajstić information content (AvgIpc) is 3.27. The number of benzene rings is 1. The van der Waals surface area contributed by atoms with E-state index < -0.39 is 58.3 Å². The third kappa shape index (κ3) is 3.92. The van der Waals surface area contributed by atoms with E-state index in [1.54, 1.807) is 0 Å². The number of hydrogen-bond acceptors (Lipinski definition) is 5. The van der Waals surface area contributed by atoms with Gasteiger partial charge in [-0.25, -0.2) is 18.0 Å². The Morgan fingerprint density at radius 2 is 2.04 bits per heavy atom. The molecular formula is C16H15F4NO4. The number of carbonyl (C=O) groups excluding carboxylic acids is 1. The van der Waals surface area contributed by atoms with Crippen LogP contribution in [0.25, 0.3) is 5.76 Å². The summed E-state index contributed by atoms with van der Waals surface area (Å²) in [5, 5.41) is 10.2. The molecule has 0 unspecified atom stereocenters. The smallest absolute Gasteiger partial charge is 0.343 e. The number of aliphatic imine (C=N–C) groups is 1. The number of aliphatic hydroxyl groups excluding tert-OH is 1. The van der Waals surface area contributed by atoms with E-state index in [0.717, 1.165) is 13.3 Å². The van der Waals surface area contributed by atoms with Crippen LogP contribution < -0.4 is 4.74 Å². The van der Waals surface area contributed by atoms with Crippen molar-refractivity contribution in [3.63, 3.8) is 0 Å².